The highest BCUT2D eigenvalue weighted by atomic mass is 127. The topological polar surface area (TPSA) is 74.6 Å². The second kappa shape index (κ2) is 8.77. The predicted octanol–water partition coefficient (Wildman–Crippen LogP) is 5.38. The van der Waals surface area contributed by atoms with Crippen molar-refractivity contribution in [2.24, 2.45) is 0 Å². The Morgan fingerprint density at radius 1 is 0.960 bits per heavy atom. The Morgan fingerprint density at radius 2 is 1.44 bits per heavy atom. The molecule has 0 radical (unpaired) electrons. The van der Waals surface area contributed by atoms with Gasteiger partial charge < -0.3 is 10.2 Å². The minimum Gasteiger partial charge on any atom is -0.507 e. The lowest BCUT2D eigenvalue weighted by Gasteiger charge is -2.05. The van der Waals surface area contributed by atoms with Gasteiger partial charge in [0.1, 0.15) is 17.3 Å². The molecule has 2 rings (SSSR count). The van der Waals surface area contributed by atoms with Gasteiger partial charge in [-0.2, -0.15) is 0 Å². The first-order chi connectivity index (χ1) is 11.5. The molecule has 2 aromatic rings. The number of carbonyl (C=O) groups is 2. The zero-order chi connectivity index (χ0) is 19.5. The van der Waals surface area contributed by atoms with Crippen LogP contribution >= 0.6 is 45.8 Å². The molecule has 134 valence electrons. The number of halogens is 5. The molecule has 0 aliphatic rings. The third kappa shape index (κ3) is 5.26. The summed E-state index contributed by atoms with van der Waals surface area (Å²) in [5.41, 5.74) is 0.0669. The van der Waals surface area contributed by atoms with E-state index in [9.17, 15) is 23.5 Å². The normalized spacial score (nSPS) is 10.0. The SMILES string of the molecule is CC(=O)c1cc(Cl)c(F)c(I)c1O.CC(=O)c1cc(Cl)c(F)cc1O. The van der Waals surface area contributed by atoms with E-state index in [4.69, 9.17) is 28.3 Å². The number of carbonyl (C=O) groups excluding carboxylic acids is 2. The molecule has 0 unspecified atom stereocenters. The van der Waals surface area contributed by atoms with Crippen molar-refractivity contribution < 1.29 is 28.6 Å². The number of benzene rings is 2. The summed E-state index contributed by atoms with van der Waals surface area (Å²) >= 11 is 12.5. The molecule has 0 aromatic heterocycles. The van der Waals surface area contributed by atoms with Crippen LogP contribution in [0, 0.1) is 15.2 Å². The fourth-order valence-electron chi connectivity index (χ4n) is 1.67. The van der Waals surface area contributed by atoms with E-state index < -0.39 is 11.6 Å². The maximum atomic E-state index is 13.0. The van der Waals surface area contributed by atoms with Crippen molar-refractivity contribution in [2.45, 2.75) is 13.8 Å². The molecule has 0 heterocycles. The molecule has 0 aliphatic heterocycles. The molecule has 0 saturated carbocycles. The maximum absolute atomic E-state index is 13.0. The predicted molar refractivity (Wildman–Crippen MR) is 98.9 cm³/mol. The summed E-state index contributed by atoms with van der Waals surface area (Å²) in [5, 5.41) is 18.1. The average Bonchev–Trinajstić information content (AvgIpc) is 2.52. The highest BCUT2D eigenvalue weighted by Gasteiger charge is 2.17. The standard InChI is InChI=1S/C8H5ClFIO2.C8H6ClFO2/c1-3(12)4-2-5(9)6(10)7(11)8(4)13;1-4(11)5-2-6(9)7(10)3-8(5)12/h2,13H,1H3;2-3,12H,1H3. The van der Waals surface area contributed by atoms with Crippen LogP contribution in [0.2, 0.25) is 10.0 Å². The van der Waals surface area contributed by atoms with E-state index >= 15 is 0 Å². The van der Waals surface area contributed by atoms with Crippen LogP contribution in [0.25, 0.3) is 0 Å². The van der Waals surface area contributed by atoms with Gasteiger partial charge >= 0.3 is 0 Å². The molecular formula is C16H11Cl2F2IO4. The molecule has 0 atom stereocenters. The summed E-state index contributed by atoms with van der Waals surface area (Å²) in [6.07, 6.45) is 0. The summed E-state index contributed by atoms with van der Waals surface area (Å²) < 4.78 is 25.6. The van der Waals surface area contributed by atoms with Crippen molar-refractivity contribution in [3.05, 3.63) is 54.6 Å². The van der Waals surface area contributed by atoms with Gasteiger partial charge in [0.05, 0.1) is 24.7 Å². The van der Waals surface area contributed by atoms with Crippen molar-refractivity contribution in [1.29, 1.82) is 0 Å². The number of hydrogen-bond acceptors (Lipinski definition) is 4. The van der Waals surface area contributed by atoms with Crippen LogP contribution in [0.3, 0.4) is 0 Å². The average molecular weight is 503 g/mol. The van der Waals surface area contributed by atoms with E-state index in [0.29, 0.717) is 0 Å². The quantitative estimate of drug-likeness (QED) is 0.328. The molecule has 9 heteroatoms. The zero-order valence-corrected chi connectivity index (χ0v) is 16.5. The van der Waals surface area contributed by atoms with Crippen molar-refractivity contribution in [3.8, 4) is 11.5 Å². The third-order valence-corrected chi connectivity index (χ3v) is 4.48. The third-order valence-electron chi connectivity index (χ3n) is 2.93. The van der Waals surface area contributed by atoms with Crippen LogP contribution in [0.4, 0.5) is 8.78 Å². The monoisotopic (exact) mass is 502 g/mol. The minimum absolute atomic E-state index is 0.0291. The fraction of sp³-hybridized carbons (Fsp3) is 0.125. The van der Waals surface area contributed by atoms with Crippen molar-refractivity contribution in [1.82, 2.24) is 0 Å². The maximum Gasteiger partial charge on any atom is 0.163 e. The van der Waals surface area contributed by atoms with Crippen LogP contribution in [-0.2, 0) is 0 Å². The minimum atomic E-state index is -0.737. The molecule has 0 aliphatic carbocycles. The van der Waals surface area contributed by atoms with Gasteiger partial charge in [-0.1, -0.05) is 23.2 Å². The molecule has 0 fully saturated rings. The largest absolute Gasteiger partial charge is 0.507 e. The van der Waals surface area contributed by atoms with E-state index in [1.165, 1.54) is 13.8 Å². The van der Waals surface area contributed by atoms with Gasteiger partial charge in [-0.25, -0.2) is 8.78 Å². The summed E-state index contributed by atoms with van der Waals surface area (Å²) in [7, 11) is 0. The van der Waals surface area contributed by atoms with Gasteiger partial charge in [0.25, 0.3) is 0 Å². The Labute approximate surface area is 165 Å². The van der Waals surface area contributed by atoms with E-state index in [-0.39, 0.29) is 47.8 Å². The van der Waals surface area contributed by atoms with E-state index in [2.05, 4.69) is 0 Å². The Balaban J connectivity index is 0.000000251. The smallest absolute Gasteiger partial charge is 0.163 e. The molecule has 0 bridgehead atoms. The van der Waals surface area contributed by atoms with Crippen LogP contribution in [-0.4, -0.2) is 21.8 Å². The highest BCUT2D eigenvalue weighted by molar-refractivity contribution is 14.1. The van der Waals surface area contributed by atoms with Crippen molar-refractivity contribution >= 4 is 57.4 Å². The van der Waals surface area contributed by atoms with E-state index in [0.717, 1.165) is 18.2 Å². The Kier molecular flexibility index (Phi) is 7.58. The molecule has 2 N–H and O–H groups in total. The number of Topliss-reactive ketones (excluding diaryl/α,β-unsaturated/α-hetero) is 2. The Hall–Kier alpha value is -1.45. The molecular weight excluding hydrogens is 492 g/mol. The number of rotatable bonds is 2. The van der Waals surface area contributed by atoms with Gasteiger partial charge in [-0.15, -0.1) is 0 Å². The lowest BCUT2D eigenvalue weighted by molar-refractivity contribution is 0.100. The molecule has 2 aromatic carbocycles. The van der Waals surface area contributed by atoms with Gasteiger partial charge in [-0.05, 0) is 48.6 Å². The Bertz CT molecular complexity index is 857. The van der Waals surface area contributed by atoms with Gasteiger partial charge in [-0.3, -0.25) is 9.59 Å². The first kappa shape index (κ1) is 21.6. The summed E-state index contributed by atoms with van der Waals surface area (Å²) in [6, 6.07) is 3.05. The Morgan fingerprint density at radius 3 is 1.92 bits per heavy atom. The molecule has 0 amide bonds. The van der Waals surface area contributed by atoms with Crippen LogP contribution in [0.1, 0.15) is 34.6 Å². The van der Waals surface area contributed by atoms with Crippen molar-refractivity contribution in [3.63, 3.8) is 0 Å². The molecule has 25 heavy (non-hydrogen) atoms. The zero-order valence-electron chi connectivity index (χ0n) is 12.8. The van der Waals surface area contributed by atoms with Crippen molar-refractivity contribution in [2.75, 3.05) is 0 Å². The van der Waals surface area contributed by atoms with Gasteiger partial charge in [0.15, 0.2) is 17.4 Å². The molecule has 0 spiro atoms. The fourth-order valence-corrected chi connectivity index (χ4v) is 2.78. The second-order valence-electron chi connectivity index (χ2n) is 4.78. The molecule has 4 nitrogen and oxygen atoms in total. The lowest BCUT2D eigenvalue weighted by atomic mass is 10.1. The first-order valence-corrected chi connectivity index (χ1v) is 8.37. The van der Waals surface area contributed by atoms with Gasteiger partial charge in [0.2, 0.25) is 0 Å². The number of phenolic OH excluding ortho intramolecular Hbond substituents is 2. The van der Waals surface area contributed by atoms with E-state index in [1.54, 1.807) is 22.6 Å². The summed E-state index contributed by atoms with van der Waals surface area (Å²) in [6.45, 7) is 2.54. The van der Waals surface area contributed by atoms with Gasteiger partial charge in [0, 0.05) is 6.07 Å². The lowest BCUT2D eigenvalue weighted by Crippen LogP contribution is -1.97. The van der Waals surface area contributed by atoms with Crippen LogP contribution in [0.15, 0.2) is 18.2 Å². The number of hydrogen-bond donors (Lipinski definition) is 2. The first-order valence-electron chi connectivity index (χ1n) is 6.53. The van der Waals surface area contributed by atoms with Crippen LogP contribution in [0.5, 0.6) is 11.5 Å². The summed E-state index contributed by atoms with van der Waals surface area (Å²) in [4.78, 5) is 21.7. The molecule has 0 saturated heterocycles. The van der Waals surface area contributed by atoms with E-state index in [1.807, 2.05) is 0 Å². The highest BCUT2D eigenvalue weighted by Crippen LogP contribution is 2.32. The summed E-state index contributed by atoms with van der Waals surface area (Å²) in [5.74, 6) is -2.88. The second-order valence-corrected chi connectivity index (χ2v) is 6.67. The number of ketones is 2. The van der Waals surface area contributed by atoms with Crippen LogP contribution < -0.4 is 0 Å². The number of phenols is 2. The number of aromatic hydroxyl groups is 2.